The number of benzene rings is 3. The molecule has 3 aromatic carbocycles. The van der Waals surface area contributed by atoms with E-state index in [4.69, 9.17) is 9.47 Å². The molecule has 2 amide bonds. The lowest BCUT2D eigenvalue weighted by atomic mass is 10.1. The normalized spacial score (nSPS) is 12.8. The lowest BCUT2D eigenvalue weighted by Crippen LogP contribution is -2.29. The Balaban J connectivity index is 1.38. The highest BCUT2D eigenvalue weighted by Crippen LogP contribution is 2.24. The van der Waals surface area contributed by atoms with Crippen LogP contribution < -0.4 is 9.47 Å². The smallest absolute Gasteiger partial charge is 0.261 e. The van der Waals surface area contributed by atoms with Crippen molar-refractivity contribution in [2.45, 2.75) is 13.2 Å². The number of hydrogen-bond acceptors (Lipinski definition) is 4. The Morgan fingerprint density at radius 2 is 1.25 bits per heavy atom. The Morgan fingerprint density at radius 3 is 1.82 bits per heavy atom. The van der Waals surface area contributed by atoms with Crippen LogP contribution in [0.25, 0.3) is 0 Å². The van der Waals surface area contributed by atoms with Crippen LogP contribution in [-0.2, 0) is 13.2 Å². The summed E-state index contributed by atoms with van der Waals surface area (Å²) in [6.45, 7) is 0.686. The van der Waals surface area contributed by atoms with Gasteiger partial charge < -0.3 is 9.47 Å². The quantitative estimate of drug-likeness (QED) is 0.611. The molecule has 0 bridgehead atoms. The van der Waals surface area contributed by atoms with Crippen LogP contribution in [0.3, 0.4) is 0 Å². The van der Waals surface area contributed by atoms with Crippen molar-refractivity contribution in [3.63, 3.8) is 0 Å². The minimum Gasteiger partial charge on any atom is -0.497 e. The average molecular weight is 373 g/mol. The second-order valence-corrected chi connectivity index (χ2v) is 6.52. The molecule has 0 N–H and O–H groups in total. The number of carbonyl (C=O) groups excluding carboxylic acids is 2. The summed E-state index contributed by atoms with van der Waals surface area (Å²) in [5.74, 6) is 1.06. The molecule has 0 unspecified atom stereocenters. The van der Waals surface area contributed by atoms with Crippen LogP contribution in [0, 0.1) is 0 Å². The maximum atomic E-state index is 12.5. The van der Waals surface area contributed by atoms with Crippen LogP contribution in [0.15, 0.2) is 72.8 Å². The maximum absolute atomic E-state index is 12.5. The molecular weight excluding hydrogens is 354 g/mol. The van der Waals surface area contributed by atoms with Gasteiger partial charge in [0.1, 0.15) is 18.1 Å². The predicted molar refractivity (Wildman–Crippen MR) is 104 cm³/mol. The molecule has 0 aromatic heterocycles. The highest BCUT2D eigenvalue weighted by molar-refractivity contribution is 6.21. The monoisotopic (exact) mass is 373 g/mol. The number of ether oxygens (including phenoxy) is 2. The van der Waals surface area contributed by atoms with Crippen LogP contribution in [-0.4, -0.2) is 23.8 Å². The summed E-state index contributed by atoms with van der Waals surface area (Å²) in [6.07, 6.45) is 0. The Labute approximate surface area is 163 Å². The summed E-state index contributed by atoms with van der Waals surface area (Å²) < 4.78 is 10.9. The van der Waals surface area contributed by atoms with Crippen LogP contribution in [0.2, 0.25) is 0 Å². The van der Waals surface area contributed by atoms with Gasteiger partial charge in [0.2, 0.25) is 0 Å². The van der Waals surface area contributed by atoms with E-state index in [1.165, 1.54) is 4.90 Å². The van der Waals surface area contributed by atoms with E-state index >= 15 is 0 Å². The van der Waals surface area contributed by atoms with Crippen LogP contribution in [0.4, 0.5) is 0 Å². The number of hydrogen-bond donors (Lipinski definition) is 0. The van der Waals surface area contributed by atoms with Crippen LogP contribution in [0.5, 0.6) is 11.5 Å². The Bertz CT molecular complexity index is 975. The number of methoxy groups -OCH3 is 1. The highest BCUT2D eigenvalue weighted by atomic mass is 16.5. The number of nitrogens with zero attached hydrogens (tertiary/aromatic N) is 1. The lowest BCUT2D eigenvalue weighted by molar-refractivity contribution is 0.0642. The zero-order valence-corrected chi connectivity index (χ0v) is 15.4. The summed E-state index contributed by atoms with van der Waals surface area (Å²) in [5.41, 5.74) is 2.83. The van der Waals surface area contributed by atoms with Gasteiger partial charge in [0.15, 0.2) is 0 Å². The van der Waals surface area contributed by atoms with E-state index in [-0.39, 0.29) is 18.4 Å². The number of imide groups is 1. The van der Waals surface area contributed by atoms with Gasteiger partial charge in [-0.15, -0.1) is 0 Å². The molecule has 0 saturated heterocycles. The molecular formula is C23H19NO4. The van der Waals surface area contributed by atoms with Gasteiger partial charge in [-0.2, -0.15) is 0 Å². The van der Waals surface area contributed by atoms with Gasteiger partial charge in [-0.25, -0.2) is 0 Å². The summed E-state index contributed by atoms with van der Waals surface area (Å²) >= 11 is 0. The molecule has 1 aliphatic heterocycles. The molecule has 0 aliphatic carbocycles. The molecule has 140 valence electrons. The van der Waals surface area contributed by atoms with E-state index in [0.29, 0.717) is 17.7 Å². The molecule has 5 nitrogen and oxygen atoms in total. The lowest BCUT2D eigenvalue weighted by Gasteiger charge is -2.14. The number of fused-ring (bicyclic) bond motifs is 1. The van der Waals surface area contributed by atoms with Gasteiger partial charge in [0.05, 0.1) is 24.8 Å². The van der Waals surface area contributed by atoms with Gasteiger partial charge in [-0.3, -0.25) is 14.5 Å². The van der Waals surface area contributed by atoms with Crippen molar-refractivity contribution < 1.29 is 19.1 Å². The Morgan fingerprint density at radius 1 is 0.714 bits per heavy atom. The number of carbonyl (C=O) groups is 2. The van der Waals surface area contributed by atoms with Gasteiger partial charge in [-0.1, -0.05) is 36.4 Å². The van der Waals surface area contributed by atoms with Crippen molar-refractivity contribution >= 4 is 11.8 Å². The van der Waals surface area contributed by atoms with E-state index in [2.05, 4.69) is 0 Å². The molecule has 0 spiro atoms. The largest absolute Gasteiger partial charge is 0.497 e. The summed E-state index contributed by atoms with van der Waals surface area (Å²) in [5, 5.41) is 0. The second kappa shape index (κ2) is 7.56. The average Bonchev–Trinajstić information content (AvgIpc) is 2.99. The first-order chi connectivity index (χ1) is 13.7. The summed E-state index contributed by atoms with van der Waals surface area (Å²) in [6, 6.07) is 22.0. The van der Waals surface area contributed by atoms with Crippen molar-refractivity contribution in [2.75, 3.05) is 7.11 Å². The first kappa shape index (κ1) is 17.8. The Hall–Kier alpha value is -3.60. The maximum Gasteiger partial charge on any atom is 0.261 e. The standard InChI is InChI=1S/C23H19NO4/c1-27-18-10-12-19(13-11-18)28-15-17-8-6-16(7-9-17)14-24-22(25)20-4-2-3-5-21(20)23(24)26/h2-13H,14-15H2,1H3. The van der Waals surface area contributed by atoms with Crippen LogP contribution >= 0.6 is 0 Å². The first-order valence-electron chi connectivity index (χ1n) is 8.95. The zero-order valence-electron chi connectivity index (χ0n) is 15.4. The molecule has 4 rings (SSSR count). The Kier molecular flexibility index (Phi) is 4.81. The zero-order chi connectivity index (χ0) is 19.5. The molecule has 3 aromatic rings. The van der Waals surface area contributed by atoms with Gasteiger partial charge in [0.25, 0.3) is 11.8 Å². The number of rotatable bonds is 6. The van der Waals surface area contributed by atoms with Gasteiger partial charge in [0, 0.05) is 0 Å². The SMILES string of the molecule is COc1ccc(OCc2ccc(CN3C(=O)c4ccccc4C3=O)cc2)cc1. The minimum absolute atomic E-state index is 0.243. The number of amides is 2. The molecule has 0 saturated carbocycles. The van der Waals surface area contributed by atoms with Gasteiger partial charge >= 0.3 is 0 Å². The molecule has 1 heterocycles. The van der Waals surface area contributed by atoms with E-state index in [9.17, 15) is 9.59 Å². The minimum atomic E-state index is -0.243. The summed E-state index contributed by atoms with van der Waals surface area (Å²) in [7, 11) is 1.62. The predicted octanol–water partition coefficient (Wildman–Crippen LogP) is 4.07. The third-order valence-corrected chi connectivity index (χ3v) is 4.71. The fraction of sp³-hybridized carbons (Fsp3) is 0.130. The molecule has 0 atom stereocenters. The second-order valence-electron chi connectivity index (χ2n) is 6.52. The van der Waals surface area contributed by atoms with E-state index < -0.39 is 0 Å². The summed E-state index contributed by atoms with van der Waals surface area (Å²) in [4.78, 5) is 26.2. The first-order valence-corrected chi connectivity index (χ1v) is 8.95. The van der Waals surface area contributed by atoms with Crippen LogP contribution in [0.1, 0.15) is 31.8 Å². The van der Waals surface area contributed by atoms with Crippen molar-refractivity contribution in [2.24, 2.45) is 0 Å². The fourth-order valence-corrected chi connectivity index (χ4v) is 3.14. The van der Waals surface area contributed by atoms with E-state index in [0.717, 1.165) is 22.6 Å². The third kappa shape index (κ3) is 3.47. The van der Waals surface area contributed by atoms with Crippen molar-refractivity contribution in [1.82, 2.24) is 4.90 Å². The molecule has 0 fully saturated rings. The molecule has 5 heteroatoms. The molecule has 28 heavy (non-hydrogen) atoms. The fourth-order valence-electron chi connectivity index (χ4n) is 3.14. The highest BCUT2D eigenvalue weighted by Gasteiger charge is 2.34. The van der Waals surface area contributed by atoms with Crippen molar-refractivity contribution in [3.05, 3.63) is 95.1 Å². The van der Waals surface area contributed by atoms with E-state index in [1.807, 2.05) is 48.5 Å². The molecule has 0 radical (unpaired) electrons. The van der Waals surface area contributed by atoms with Crippen molar-refractivity contribution in [1.29, 1.82) is 0 Å². The van der Waals surface area contributed by atoms with E-state index in [1.54, 1.807) is 31.4 Å². The van der Waals surface area contributed by atoms with Crippen molar-refractivity contribution in [3.8, 4) is 11.5 Å². The third-order valence-electron chi connectivity index (χ3n) is 4.71. The molecule has 1 aliphatic rings. The van der Waals surface area contributed by atoms with Gasteiger partial charge in [-0.05, 0) is 47.5 Å². The topological polar surface area (TPSA) is 55.8 Å².